The lowest BCUT2D eigenvalue weighted by molar-refractivity contribution is -0.395. The van der Waals surface area contributed by atoms with Crippen LogP contribution in [0.25, 0.3) is 0 Å². The summed E-state index contributed by atoms with van der Waals surface area (Å²) in [6, 6.07) is 3.35. The van der Waals surface area contributed by atoms with E-state index in [1.807, 2.05) is 6.92 Å². The molecule has 0 fully saturated rings. The molecule has 0 spiro atoms. The first kappa shape index (κ1) is 14.1. The normalized spacial score (nSPS) is 11.6. The number of aryl methyl sites for hydroxylation is 3. The van der Waals surface area contributed by atoms with Crippen molar-refractivity contribution in [2.24, 2.45) is 0 Å². The van der Waals surface area contributed by atoms with Crippen molar-refractivity contribution in [3.05, 3.63) is 38.9 Å². The van der Waals surface area contributed by atoms with E-state index >= 15 is 0 Å². The molecule has 0 N–H and O–H groups in total. The van der Waals surface area contributed by atoms with Crippen LogP contribution in [-0.2, 0) is 10.0 Å². The second-order valence-electron chi connectivity index (χ2n) is 4.31. The van der Waals surface area contributed by atoms with Gasteiger partial charge in [-0.25, -0.2) is 0 Å². The maximum atomic E-state index is 12.5. The first-order valence-electron chi connectivity index (χ1n) is 5.51. The Labute approximate surface area is 114 Å². The van der Waals surface area contributed by atoms with E-state index in [2.05, 4.69) is 15.5 Å². The number of hydrogen-bond donors (Lipinski definition) is 0. The lowest BCUT2D eigenvalue weighted by Crippen LogP contribution is -2.19. The number of hydrogen-bond acceptors (Lipinski definition) is 7. The molecular formula is C10H11N5O4S. The first-order valence-corrected chi connectivity index (χ1v) is 6.95. The average molecular weight is 297 g/mol. The zero-order valence-electron chi connectivity index (χ0n) is 10.9. The fourth-order valence-electron chi connectivity index (χ4n) is 2.10. The molecule has 1 aromatic carbocycles. The van der Waals surface area contributed by atoms with Crippen molar-refractivity contribution in [3.8, 4) is 0 Å². The van der Waals surface area contributed by atoms with Crippen molar-refractivity contribution in [1.82, 2.24) is 19.6 Å². The molecule has 2 rings (SSSR count). The summed E-state index contributed by atoms with van der Waals surface area (Å²) in [5.41, 5.74) is 1.85. The van der Waals surface area contributed by atoms with Gasteiger partial charge in [-0.2, -0.15) is 8.42 Å². The molecule has 0 bridgehead atoms. The van der Waals surface area contributed by atoms with Gasteiger partial charge in [-0.1, -0.05) is 17.7 Å². The molecule has 0 aliphatic heterocycles. The standard InChI is InChI=1S/C10H11N5O4S/c1-6-4-7(2)9(8(3)5-6)20(18,19)14-10(15(16)17)11-12-13-14/h4-5H,1-3H3. The van der Waals surface area contributed by atoms with Crippen LogP contribution in [0.3, 0.4) is 0 Å². The average Bonchev–Trinajstić information content (AvgIpc) is 2.75. The van der Waals surface area contributed by atoms with Gasteiger partial charge in [0, 0.05) is 4.09 Å². The number of tetrazole rings is 1. The summed E-state index contributed by atoms with van der Waals surface area (Å²) in [5.74, 6) is -0.940. The van der Waals surface area contributed by atoms with E-state index < -0.39 is 20.9 Å². The Bertz CT molecular complexity index is 773. The van der Waals surface area contributed by atoms with E-state index in [0.29, 0.717) is 11.1 Å². The Kier molecular flexibility index (Phi) is 3.26. The van der Waals surface area contributed by atoms with Gasteiger partial charge in [-0.3, -0.25) is 0 Å². The third kappa shape index (κ3) is 2.13. The minimum absolute atomic E-state index is 0.0292. The maximum Gasteiger partial charge on any atom is 0.495 e. The van der Waals surface area contributed by atoms with E-state index in [9.17, 15) is 18.5 Å². The lowest BCUT2D eigenvalue weighted by Gasteiger charge is -2.09. The molecule has 0 aliphatic carbocycles. The largest absolute Gasteiger partial charge is 0.495 e. The topological polar surface area (TPSA) is 121 Å². The molecule has 20 heavy (non-hydrogen) atoms. The molecule has 0 aliphatic rings. The van der Waals surface area contributed by atoms with E-state index in [1.54, 1.807) is 26.0 Å². The summed E-state index contributed by atoms with van der Waals surface area (Å²) in [7, 11) is -4.21. The van der Waals surface area contributed by atoms with Crippen molar-refractivity contribution >= 4 is 16.0 Å². The van der Waals surface area contributed by atoms with Gasteiger partial charge in [0.15, 0.2) is 0 Å². The predicted octanol–water partition coefficient (Wildman–Crippen LogP) is 0.744. The lowest BCUT2D eigenvalue weighted by atomic mass is 10.1. The number of aromatic nitrogens is 4. The smallest absolute Gasteiger partial charge is 0.390 e. The van der Waals surface area contributed by atoms with E-state index in [-0.39, 0.29) is 8.98 Å². The molecule has 0 radical (unpaired) electrons. The van der Waals surface area contributed by atoms with E-state index in [4.69, 9.17) is 0 Å². The van der Waals surface area contributed by atoms with Gasteiger partial charge in [0.2, 0.25) is 0 Å². The molecule has 1 heterocycles. The van der Waals surface area contributed by atoms with Crippen molar-refractivity contribution in [2.75, 3.05) is 0 Å². The van der Waals surface area contributed by atoms with Gasteiger partial charge in [0.25, 0.3) is 0 Å². The van der Waals surface area contributed by atoms with Gasteiger partial charge < -0.3 is 10.1 Å². The van der Waals surface area contributed by atoms with Gasteiger partial charge in [-0.05, 0) is 36.8 Å². The highest BCUT2D eigenvalue weighted by molar-refractivity contribution is 7.90. The third-order valence-corrected chi connectivity index (χ3v) is 4.53. The Morgan fingerprint density at radius 3 is 2.25 bits per heavy atom. The third-order valence-electron chi connectivity index (χ3n) is 2.68. The first-order chi connectivity index (χ1) is 9.25. The molecule has 10 heteroatoms. The van der Waals surface area contributed by atoms with Crippen LogP contribution in [0.1, 0.15) is 16.7 Å². The minimum atomic E-state index is -4.21. The highest BCUT2D eigenvalue weighted by atomic mass is 32.2. The summed E-state index contributed by atoms with van der Waals surface area (Å²) >= 11 is 0. The second-order valence-corrected chi connectivity index (χ2v) is 6.02. The fraction of sp³-hybridized carbons (Fsp3) is 0.300. The van der Waals surface area contributed by atoms with Gasteiger partial charge in [0.05, 0.1) is 15.5 Å². The zero-order chi connectivity index (χ0) is 15.1. The molecule has 106 valence electrons. The minimum Gasteiger partial charge on any atom is -0.390 e. The molecule has 0 saturated heterocycles. The SMILES string of the molecule is Cc1cc(C)c(S(=O)(=O)n2nnnc2[N+](=O)[O-])c(C)c1. The molecule has 2 aromatic rings. The predicted molar refractivity (Wildman–Crippen MR) is 67.7 cm³/mol. The highest BCUT2D eigenvalue weighted by Crippen LogP contribution is 2.25. The van der Waals surface area contributed by atoms with Crippen LogP contribution in [0.15, 0.2) is 17.0 Å². The maximum absolute atomic E-state index is 12.5. The van der Waals surface area contributed by atoms with Crippen LogP contribution in [-0.4, -0.2) is 33.0 Å². The molecule has 0 unspecified atom stereocenters. The number of benzene rings is 1. The second kappa shape index (κ2) is 4.63. The van der Waals surface area contributed by atoms with Crippen molar-refractivity contribution in [3.63, 3.8) is 0 Å². The summed E-state index contributed by atoms with van der Waals surface area (Å²) in [6.45, 7) is 5.06. The Hall–Kier alpha value is -2.36. The Balaban J connectivity index is 2.74. The van der Waals surface area contributed by atoms with Crippen LogP contribution >= 0.6 is 0 Å². The van der Waals surface area contributed by atoms with Gasteiger partial charge in [-0.15, -0.1) is 0 Å². The van der Waals surface area contributed by atoms with Crippen molar-refractivity contribution < 1.29 is 13.3 Å². The summed E-state index contributed by atoms with van der Waals surface area (Å²) in [6.07, 6.45) is 0. The van der Waals surface area contributed by atoms with Crippen LogP contribution in [0.5, 0.6) is 0 Å². The summed E-state index contributed by atoms with van der Waals surface area (Å²) < 4.78 is 25.2. The van der Waals surface area contributed by atoms with E-state index in [1.165, 1.54) is 0 Å². The molecule has 1 aromatic heterocycles. The van der Waals surface area contributed by atoms with Crippen molar-refractivity contribution in [2.45, 2.75) is 25.7 Å². The molecule has 0 amide bonds. The number of rotatable bonds is 3. The van der Waals surface area contributed by atoms with Crippen LogP contribution < -0.4 is 0 Å². The van der Waals surface area contributed by atoms with Crippen LogP contribution in [0, 0.1) is 30.9 Å². The monoisotopic (exact) mass is 297 g/mol. The molecular weight excluding hydrogens is 286 g/mol. The number of nitro groups is 1. The Morgan fingerprint density at radius 1 is 1.20 bits per heavy atom. The van der Waals surface area contributed by atoms with Gasteiger partial charge >= 0.3 is 16.0 Å². The molecule has 9 nitrogen and oxygen atoms in total. The van der Waals surface area contributed by atoms with Crippen molar-refractivity contribution in [1.29, 1.82) is 0 Å². The zero-order valence-corrected chi connectivity index (χ0v) is 11.7. The van der Waals surface area contributed by atoms with E-state index in [0.717, 1.165) is 5.56 Å². The number of nitrogens with zero attached hydrogens (tertiary/aromatic N) is 5. The molecule has 0 atom stereocenters. The Morgan fingerprint density at radius 2 is 1.75 bits per heavy atom. The fourth-order valence-corrected chi connectivity index (χ4v) is 3.65. The highest BCUT2D eigenvalue weighted by Gasteiger charge is 2.34. The van der Waals surface area contributed by atoms with Crippen LogP contribution in [0.4, 0.5) is 5.95 Å². The van der Waals surface area contributed by atoms with Gasteiger partial charge in [0.1, 0.15) is 4.90 Å². The summed E-state index contributed by atoms with van der Waals surface area (Å²) in [5, 5.41) is 20.1. The summed E-state index contributed by atoms with van der Waals surface area (Å²) in [4.78, 5) is 9.79. The molecule has 0 saturated carbocycles. The van der Waals surface area contributed by atoms with Crippen LogP contribution in [0.2, 0.25) is 0 Å². The quantitative estimate of drug-likeness (QED) is 0.605.